The van der Waals surface area contributed by atoms with E-state index in [4.69, 9.17) is 18.9 Å². The summed E-state index contributed by atoms with van der Waals surface area (Å²) in [5.74, 6) is 2.41. The Morgan fingerprint density at radius 2 is 1.77 bits per heavy atom. The van der Waals surface area contributed by atoms with Crippen LogP contribution in [0.1, 0.15) is 38.7 Å². The fraction of sp³-hybridized carbons (Fsp3) is 0.682. The Hall–Kier alpha value is -1.26. The highest BCUT2D eigenvalue weighted by atomic mass is 127. The largest absolute Gasteiger partial charge is 0.490 e. The zero-order valence-electron chi connectivity index (χ0n) is 18.6. The Morgan fingerprint density at radius 1 is 1.07 bits per heavy atom. The molecule has 0 radical (unpaired) electrons. The topological polar surface area (TPSA) is 73.3 Å². The molecular formula is C22H38IN3O4. The number of nitrogens with one attached hydrogen (secondary N) is 2. The first kappa shape index (κ1) is 26.8. The molecule has 2 N–H and O–H groups in total. The summed E-state index contributed by atoms with van der Waals surface area (Å²) in [5.41, 5.74) is 1.20. The van der Waals surface area contributed by atoms with Crippen LogP contribution in [0.2, 0.25) is 0 Å². The summed E-state index contributed by atoms with van der Waals surface area (Å²) in [7, 11) is 1.79. The molecule has 8 heteroatoms. The third-order valence-corrected chi connectivity index (χ3v) is 4.67. The molecule has 1 aliphatic heterocycles. The van der Waals surface area contributed by atoms with E-state index in [-0.39, 0.29) is 24.0 Å². The number of benzene rings is 1. The molecule has 0 amide bonds. The maximum atomic E-state index is 5.89. The second-order valence-electron chi connectivity index (χ2n) is 6.86. The van der Waals surface area contributed by atoms with Crippen molar-refractivity contribution in [2.45, 2.75) is 45.6 Å². The fourth-order valence-corrected chi connectivity index (χ4v) is 3.17. The first-order valence-corrected chi connectivity index (χ1v) is 10.8. The van der Waals surface area contributed by atoms with Crippen LogP contribution < -0.4 is 20.1 Å². The average Bonchev–Trinajstić information content (AvgIpc) is 2.75. The van der Waals surface area contributed by atoms with Gasteiger partial charge in [-0.25, -0.2) is 0 Å². The van der Waals surface area contributed by atoms with Gasteiger partial charge in [-0.05, 0) is 57.2 Å². The highest BCUT2D eigenvalue weighted by Gasteiger charge is 2.13. The maximum absolute atomic E-state index is 5.89. The standard InChI is InChI=1S/C22H37N3O4.HI/c1-4-27-20-8-7-18(17-21(20)28-5-2)9-13-25-22(23-3)24-12-6-14-29-19-10-15-26-16-11-19;/h7-8,17,19H,4-6,9-16H2,1-3H3,(H2,23,24,25);1H. The highest BCUT2D eigenvalue weighted by molar-refractivity contribution is 14.0. The van der Waals surface area contributed by atoms with E-state index in [2.05, 4.69) is 27.8 Å². The summed E-state index contributed by atoms with van der Waals surface area (Å²) in [5, 5.41) is 6.70. The van der Waals surface area contributed by atoms with Crippen molar-refractivity contribution < 1.29 is 18.9 Å². The number of aliphatic imine (C=N–C) groups is 1. The SMILES string of the molecule is CCOc1ccc(CCNC(=NC)NCCCOC2CCOCC2)cc1OCC.I. The van der Waals surface area contributed by atoms with Crippen molar-refractivity contribution >= 4 is 29.9 Å². The van der Waals surface area contributed by atoms with Gasteiger partial charge in [-0.15, -0.1) is 24.0 Å². The van der Waals surface area contributed by atoms with Crippen molar-refractivity contribution in [2.75, 3.05) is 53.2 Å². The van der Waals surface area contributed by atoms with Gasteiger partial charge in [-0.3, -0.25) is 4.99 Å². The molecule has 0 atom stereocenters. The first-order valence-electron chi connectivity index (χ1n) is 10.8. The monoisotopic (exact) mass is 535 g/mol. The number of rotatable bonds is 12. The summed E-state index contributed by atoms with van der Waals surface area (Å²) in [6.07, 6.45) is 4.20. The first-order chi connectivity index (χ1) is 14.3. The molecule has 30 heavy (non-hydrogen) atoms. The van der Waals surface area contributed by atoms with Crippen molar-refractivity contribution in [1.29, 1.82) is 0 Å². The molecule has 1 aliphatic rings. The van der Waals surface area contributed by atoms with Gasteiger partial charge in [0.15, 0.2) is 17.5 Å². The fourth-order valence-electron chi connectivity index (χ4n) is 3.17. The summed E-state index contributed by atoms with van der Waals surface area (Å²) in [6.45, 7) is 9.23. The molecule has 7 nitrogen and oxygen atoms in total. The molecule has 0 aliphatic carbocycles. The lowest BCUT2D eigenvalue weighted by atomic mass is 10.1. The van der Waals surface area contributed by atoms with E-state index in [1.807, 2.05) is 19.9 Å². The van der Waals surface area contributed by atoms with E-state index in [0.717, 1.165) is 76.1 Å². The Bertz CT molecular complexity index is 610. The molecule has 0 spiro atoms. The van der Waals surface area contributed by atoms with Crippen molar-refractivity contribution in [2.24, 2.45) is 4.99 Å². The highest BCUT2D eigenvalue weighted by Crippen LogP contribution is 2.28. The Labute approximate surface area is 198 Å². The molecule has 1 aromatic carbocycles. The molecule has 0 aromatic heterocycles. The smallest absolute Gasteiger partial charge is 0.190 e. The zero-order chi connectivity index (χ0) is 20.7. The van der Waals surface area contributed by atoms with Gasteiger partial charge in [0.2, 0.25) is 0 Å². The lowest BCUT2D eigenvalue weighted by Gasteiger charge is -2.22. The van der Waals surface area contributed by atoms with Crippen LogP contribution in [0, 0.1) is 0 Å². The minimum Gasteiger partial charge on any atom is -0.490 e. The number of hydrogen-bond acceptors (Lipinski definition) is 5. The number of halogens is 1. The van der Waals surface area contributed by atoms with Gasteiger partial charge in [0.05, 0.1) is 19.3 Å². The van der Waals surface area contributed by atoms with Crippen molar-refractivity contribution in [3.63, 3.8) is 0 Å². The Kier molecular flexibility index (Phi) is 14.7. The van der Waals surface area contributed by atoms with Crippen LogP contribution in [0.3, 0.4) is 0 Å². The zero-order valence-corrected chi connectivity index (χ0v) is 20.9. The van der Waals surface area contributed by atoms with Crippen molar-refractivity contribution in [3.05, 3.63) is 23.8 Å². The molecule has 1 aromatic rings. The molecular weight excluding hydrogens is 497 g/mol. The number of hydrogen-bond donors (Lipinski definition) is 2. The van der Waals surface area contributed by atoms with Crippen LogP contribution >= 0.6 is 24.0 Å². The third kappa shape index (κ3) is 10.2. The van der Waals surface area contributed by atoms with Crippen LogP contribution in [0.15, 0.2) is 23.2 Å². The lowest BCUT2D eigenvalue weighted by Crippen LogP contribution is -2.39. The van der Waals surface area contributed by atoms with E-state index < -0.39 is 0 Å². The Morgan fingerprint density at radius 3 is 2.47 bits per heavy atom. The normalized spacial score (nSPS) is 14.7. The molecule has 0 bridgehead atoms. The van der Waals surface area contributed by atoms with Gasteiger partial charge in [0, 0.05) is 40.0 Å². The predicted octanol–water partition coefficient (Wildman–Crippen LogP) is 3.40. The van der Waals surface area contributed by atoms with E-state index in [9.17, 15) is 0 Å². The quantitative estimate of drug-likeness (QED) is 0.185. The van der Waals surface area contributed by atoms with Gasteiger partial charge < -0.3 is 29.6 Å². The Balaban J connectivity index is 0.00000450. The van der Waals surface area contributed by atoms with Gasteiger partial charge in [0.25, 0.3) is 0 Å². The van der Waals surface area contributed by atoms with E-state index >= 15 is 0 Å². The van der Waals surface area contributed by atoms with E-state index in [1.54, 1.807) is 7.05 Å². The predicted molar refractivity (Wildman–Crippen MR) is 132 cm³/mol. The summed E-state index contributed by atoms with van der Waals surface area (Å²) < 4.78 is 22.6. The summed E-state index contributed by atoms with van der Waals surface area (Å²) in [6, 6.07) is 6.12. The van der Waals surface area contributed by atoms with Gasteiger partial charge in [-0.2, -0.15) is 0 Å². The molecule has 172 valence electrons. The molecule has 1 fully saturated rings. The second kappa shape index (κ2) is 16.4. The number of ether oxygens (including phenoxy) is 4. The second-order valence-corrected chi connectivity index (χ2v) is 6.86. The number of guanidine groups is 1. The van der Waals surface area contributed by atoms with Crippen LogP contribution in [-0.2, 0) is 15.9 Å². The van der Waals surface area contributed by atoms with Crippen molar-refractivity contribution in [3.8, 4) is 11.5 Å². The third-order valence-electron chi connectivity index (χ3n) is 4.67. The molecule has 2 rings (SSSR count). The molecule has 1 saturated heterocycles. The van der Waals surface area contributed by atoms with Crippen LogP contribution in [-0.4, -0.2) is 65.2 Å². The maximum Gasteiger partial charge on any atom is 0.190 e. The molecule has 0 saturated carbocycles. The van der Waals surface area contributed by atoms with Crippen LogP contribution in [0.4, 0.5) is 0 Å². The minimum atomic E-state index is 0. The minimum absolute atomic E-state index is 0. The average molecular weight is 535 g/mol. The van der Waals surface area contributed by atoms with Gasteiger partial charge in [-0.1, -0.05) is 6.07 Å². The van der Waals surface area contributed by atoms with Gasteiger partial charge in [0.1, 0.15) is 0 Å². The van der Waals surface area contributed by atoms with Crippen molar-refractivity contribution in [1.82, 2.24) is 10.6 Å². The van der Waals surface area contributed by atoms with E-state index in [0.29, 0.717) is 19.3 Å². The van der Waals surface area contributed by atoms with Gasteiger partial charge >= 0.3 is 0 Å². The number of nitrogens with zero attached hydrogens (tertiary/aromatic N) is 1. The van der Waals surface area contributed by atoms with Crippen LogP contribution in [0.5, 0.6) is 11.5 Å². The summed E-state index contributed by atoms with van der Waals surface area (Å²) in [4.78, 5) is 4.28. The van der Waals surface area contributed by atoms with Crippen LogP contribution in [0.25, 0.3) is 0 Å². The molecule has 1 heterocycles. The summed E-state index contributed by atoms with van der Waals surface area (Å²) >= 11 is 0. The molecule has 0 unspecified atom stereocenters. The lowest BCUT2D eigenvalue weighted by molar-refractivity contribution is -0.0320. The van der Waals surface area contributed by atoms with E-state index in [1.165, 1.54) is 5.56 Å².